The predicted molar refractivity (Wildman–Crippen MR) is 139 cm³/mol. The average Bonchev–Trinajstić information content (AvgIpc) is 3.43. The zero-order valence-corrected chi connectivity index (χ0v) is 21.6. The molecule has 1 unspecified atom stereocenters. The molecule has 0 saturated carbocycles. The van der Waals surface area contributed by atoms with Crippen molar-refractivity contribution in [3.05, 3.63) is 70.0 Å². The Morgan fingerprint density at radius 1 is 1.05 bits per heavy atom. The predicted octanol–water partition coefficient (Wildman–Crippen LogP) is 3.82. The second kappa shape index (κ2) is 10.2. The van der Waals surface area contributed by atoms with Crippen molar-refractivity contribution in [3.63, 3.8) is 0 Å². The molecule has 0 aromatic heterocycles. The number of amides is 3. The van der Waals surface area contributed by atoms with Crippen molar-refractivity contribution in [2.24, 2.45) is 0 Å². The summed E-state index contributed by atoms with van der Waals surface area (Å²) in [7, 11) is 0. The maximum absolute atomic E-state index is 13.6. The molecule has 2 saturated heterocycles. The quantitative estimate of drug-likeness (QED) is 0.445. The standard InChI is InChI=1S/C30H34FN3O4/c31-22-8-9-25-21(17-22)19-38-30(25)12-15-33(16-13-30)14-3-1-2-5-20-6-4-7-23-24(20)18-34(29(23)37)26-10-11-27(35)32-28(26)36/h4,6-9,17,26H,1-3,5,10-16,18-19H2,(H,32,35,36). The van der Waals surface area contributed by atoms with Crippen LogP contribution in [0.2, 0.25) is 0 Å². The molecule has 1 atom stereocenters. The molecule has 7 nitrogen and oxygen atoms in total. The Morgan fingerprint density at radius 2 is 1.89 bits per heavy atom. The van der Waals surface area contributed by atoms with Crippen molar-refractivity contribution in [2.75, 3.05) is 19.6 Å². The Balaban J connectivity index is 0.971. The van der Waals surface area contributed by atoms with Crippen LogP contribution in [-0.4, -0.2) is 53.2 Å². The van der Waals surface area contributed by atoms with Crippen LogP contribution >= 0.6 is 0 Å². The number of benzene rings is 2. The van der Waals surface area contributed by atoms with Gasteiger partial charge in [0.15, 0.2) is 0 Å². The van der Waals surface area contributed by atoms with Gasteiger partial charge in [-0.2, -0.15) is 0 Å². The molecule has 3 amide bonds. The largest absolute Gasteiger partial charge is 0.365 e. The maximum Gasteiger partial charge on any atom is 0.255 e. The fourth-order valence-corrected chi connectivity index (χ4v) is 6.68. The van der Waals surface area contributed by atoms with Gasteiger partial charge in [0, 0.05) is 31.6 Å². The fourth-order valence-electron chi connectivity index (χ4n) is 6.68. The fraction of sp³-hybridized carbons (Fsp3) is 0.500. The van der Waals surface area contributed by atoms with Gasteiger partial charge in [-0.1, -0.05) is 24.6 Å². The minimum absolute atomic E-state index is 0.113. The lowest BCUT2D eigenvalue weighted by Crippen LogP contribution is -2.52. The minimum Gasteiger partial charge on any atom is -0.365 e. The summed E-state index contributed by atoms with van der Waals surface area (Å²) in [5, 5.41) is 2.37. The number of carbonyl (C=O) groups is 3. The van der Waals surface area contributed by atoms with E-state index in [9.17, 15) is 18.8 Å². The van der Waals surface area contributed by atoms with Crippen molar-refractivity contribution in [3.8, 4) is 0 Å². The molecule has 6 rings (SSSR count). The molecule has 2 aromatic carbocycles. The van der Waals surface area contributed by atoms with Crippen molar-refractivity contribution < 1.29 is 23.5 Å². The molecule has 2 aromatic rings. The van der Waals surface area contributed by atoms with Crippen molar-refractivity contribution in [2.45, 2.75) is 76.2 Å². The molecule has 38 heavy (non-hydrogen) atoms. The number of nitrogens with one attached hydrogen (secondary N) is 1. The molecule has 1 spiro atoms. The molecule has 1 N–H and O–H groups in total. The highest BCUT2D eigenvalue weighted by Gasteiger charge is 2.43. The number of aryl methyl sites for hydroxylation is 1. The Labute approximate surface area is 222 Å². The van der Waals surface area contributed by atoms with E-state index in [0.29, 0.717) is 25.1 Å². The molecule has 0 bridgehead atoms. The molecule has 0 radical (unpaired) electrons. The van der Waals surface area contributed by atoms with Crippen molar-refractivity contribution >= 4 is 17.7 Å². The number of hydrogen-bond donors (Lipinski definition) is 1. The van der Waals surface area contributed by atoms with Gasteiger partial charge in [-0.05, 0) is 85.5 Å². The number of nitrogens with zero attached hydrogens (tertiary/aromatic N) is 2. The molecular weight excluding hydrogens is 485 g/mol. The topological polar surface area (TPSA) is 79.0 Å². The molecule has 2 fully saturated rings. The first-order chi connectivity index (χ1) is 18.4. The van der Waals surface area contributed by atoms with Crippen LogP contribution in [0.1, 0.15) is 77.6 Å². The van der Waals surface area contributed by atoms with Crippen LogP contribution in [0.5, 0.6) is 0 Å². The highest BCUT2D eigenvalue weighted by molar-refractivity contribution is 6.05. The number of unbranched alkanes of at least 4 members (excludes halogenated alkanes) is 2. The second-order valence-electron chi connectivity index (χ2n) is 11.1. The summed E-state index contributed by atoms with van der Waals surface area (Å²) in [6.45, 7) is 3.97. The summed E-state index contributed by atoms with van der Waals surface area (Å²) < 4.78 is 19.8. The van der Waals surface area contributed by atoms with E-state index in [1.165, 1.54) is 11.1 Å². The zero-order valence-electron chi connectivity index (χ0n) is 21.6. The minimum atomic E-state index is -0.576. The third-order valence-corrected chi connectivity index (χ3v) is 8.83. The summed E-state index contributed by atoms with van der Waals surface area (Å²) >= 11 is 0. The first-order valence-corrected chi connectivity index (χ1v) is 13.8. The van der Waals surface area contributed by atoms with Crippen LogP contribution in [0.15, 0.2) is 36.4 Å². The van der Waals surface area contributed by atoms with Crippen molar-refractivity contribution in [1.29, 1.82) is 0 Å². The van der Waals surface area contributed by atoms with Gasteiger partial charge in [-0.3, -0.25) is 19.7 Å². The number of imide groups is 1. The number of piperidine rings is 2. The van der Waals surface area contributed by atoms with Crippen LogP contribution in [0.25, 0.3) is 0 Å². The van der Waals surface area contributed by atoms with E-state index >= 15 is 0 Å². The summed E-state index contributed by atoms with van der Waals surface area (Å²) in [5.41, 5.74) is 4.82. The number of rotatable bonds is 7. The first-order valence-electron chi connectivity index (χ1n) is 13.8. The lowest BCUT2D eigenvalue weighted by molar-refractivity contribution is -0.136. The average molecular weight is 520 g/mol. The van der Waals surface area contributed by atoms with Gasteiger partial charge in [-0.15, -0.1) is 0 Å². The zero-order chi connectivity index (χ0) is 26.3. The number of carbonyl (C=O) groups excluding carboxylic acids is 3. The van der Waals surface area contributed by atoms with E-state index in [1.54, 1.807) is 17.0 Å². The van der Waals surface area contributed by atoms with E-state index in [4.69, 9.17) is 4.74 Å². The van der Waals surface area contributed by atoms with Crippen LogP contribution in [0.3, 0.4) is 0 Å². The number of hydrogen-bond acceptors (Lipinski definition) is 5. The summed E-state index contributed by atoms with van der Waals surface area (Å²) in [4.78, 5) is 41.0. The van der Waals surface area contributed by atoms with Crippen LogP contribution in [0.4, 0.5) is 4.39 Å². The van der Waals surface area contributed by atoms with Gasteiger partial charge >= 0.3 is 0 Å². The van der Waals surface area contributed by atoms with Gasteiger partial charge in [0.05, 0.1) is 12.2 Å². The van der Waals surface area contributed by atoms with Crippen molar-refractivity contribution in [1.82, 2.24) is 15.1 Å². The monoisotopic (exact) mass is 519 g/mol. The lowest BCUT2D eigenvalue weighted by atomic mass is 9.83. The van der Waals surface area contributed by atoms with Crippen LogP contribution in [0, 0.1) is 5.82 Å². The number of likely N-dealkylation sites (tertiary alicyclic amines) is 1. The van der Waals surface area contributed by atoms with E-state index in [1.807, 2.05) is 18.2 Å². The molecular formula is C30H34FN3O4. The molecule has 4 aliphatic rings. The Kier molecular flexibility index (Phi) is 6.78. The Morgan fingerprint density at radius 3 is 2.71 bits per heavy atom. The molecule has 8 heteroatoms. The maximum atomic E-state index is 13.6. The lowest BCUT2D eigenvalue weighted by Gasteiger charge is -2.39. The molecule has 4 heterocycles. The number of ether oxygens (including phenoxy) is 1. The van der Waals surface area contributed by atoms with E-state index in [-0.39, 0.29) is 35.6 Å². The number of halogens is 1. The van der Waals surface area contributed by atoms with Gasteiger partial charge in [0.1, 0.15) is 11.9 Å². The summed E-state index contributed by atoms with van der Waals surface area (Å²) in [5.74, 6) is -0.946. The van der Waals surface area contributed by atoms with Crippen LogP contribution < -0.4 is 5.32 Å². The third kappa shape index (κ3) is 4.64. The number of fused-ring (bicyclic) bond motifs is 3. The smallest absolute Gasteiger partial charge is 0.255 e. The van der Waals surface area contributed by atoms with Gasteiger partial charge in [-0.25, -0.2) is 4.39 Å². The first kappa shape index (κ1) is 25.2. The van der Waals surface area contributed by atoms with E-state index < -0.39 is 6.04 Å². The highest BCUT2D eigenvalue weighted by Crippen LogP contribution is 2.44. The van der Waals surface area contributed by atoms with Gasteiger partial charge in [0.2, 0.25) is 11.8 Å². The molecule has 200 valence electrons. The Bertz CT molecular complexity index is 1270. The molecule has 4 aliphatic heterocycles. The Hall–Kier alpha value is -3.10. The highest BCUT2D eigenvalue weighted by atomic mass is 19.1. The van der Waals surface area contributed by atoms with E-state index in [2.05, 4.69) is 16.3 Å². The van der Waals surface area contributed by atoms with E-state index in [0.717, 1.165) is 69.3 Å². The summed E-state index contributed by atoms with van der Waals surface area (Å²) in [6, 6.07) is 10.4. The van der Waals surface area contributed by atoms with Crippen LogP contribution in [-0.2, 0) is 39.5 Å². The second-order valence-corrected chi connectivity index (χ2v) is 11.1. The van der Waals surface area contributed by atoms with Gasteiger partial charge < -0.3 is 14.5 Å². The van der Waals surface area contributed by atoms with Gasteiger partial charge in [0.25, 0.3) is 5.91 Å². The summed E-state index contributed by atoms with van der Waals surface area (Å²) in [6.07, 6.45) is 6.71. The SMILES string of the molecule is O=C1CCC(N2Cc3c(CCCCCN4CCC5(CC4)OCc4cc(F)ccc45)cccc3C2=O)C(=O)N1. The normalized spacial score (nSPS) is 22.6. The third-order valence-electron chi connectivity index (χ3n) is 8.83. The molecule has 0 aliphatic carbocycles.